The van der Waals surface area contributed by atoms with Crippen LogP contribution in [-0.2, 0) is 24.3 Å². The molecule has 0 saturated carbocycles. The van der Waals surface area contributed by atoms with Crippen LogP contribution >= 0.6 is 11.3 Å². The Labute approximate surface area is 176 Å². The molecule has 1 aromatic carbocycles. The third-order valence-corrected chi connectivity index (χ3v) is 6.87. The van der Waals surface area contributed by atoms with Crippen LogP contribution in [-0.4, -0.2) is 41.8 Å². The number of ether oxygens (including phenoxy) is 1. The maximum Gasteiger partial charge on any atom is 0.247 e. The van der Waals surface area contributed by atoms with Gasteiger partial charge in [-0.05, 0) is 29.1 Å². The predicted molar refractivity (Wildman–Crippen MR) is 112 cm³/mol. The molecule has 4 aliphatic rings. The Balaban J connectivity index is 1.38. The Morgan fingerprint density at radius 3 is 3.23 bits per heavy atom. The molecule has 0 spiro atoms. The molecule has 2 N–H and O–H groups in total. The molecule has 1 aromatic heterocycles. The lowest BCUT2D eigenvalue weighted by Crippen LogP contribution is -2.53. The average molecular weight is 423 g/mol. The van der Waals surface area contributed by atoms with Crippen molar-refractivity contribution in [1.82, 2.24) is 15.5 Å². The first-order valence-corrected chi connectivity index (χ1v) is 10.7. The topological polar surface area (TPSA) is 78.3 Å². The molecule has 6 rings (SSSR count). The van der Waals surface area contributed by atoms with E-state index in [1.54, 1.807) is 23.7 Å². The smallest absolute Gasteiger partial charge is 0.247 e. The lowest BCUT2D eigenvalue weighted by Gasteiger charge is -2.35. The number of amides is 1. The number of carbonyl (C=O) groups excluding carboxylic acids is 1. The molecule has 7 nitrogen and oxygen atoms in total. The van der Waals surface area contributed by atoms with Gasteiger partial charge in [0.25, 0.3) is 0 Å². The van der Waals surface area contributed by atoms with E-state index in [4.69, 9.17) is 4.74 Å². The van der Waals surface area contributed by atoms with Crippen molar-refractivity contribution in [2.45, 2.75) is 31.6 Å². The summed E-state index contributed by atoms with van der Waals surface area (Å²) >= 11 is 1.62. The molecule has 9 heteroatoms. The first-order chi connectivity index (χ1) is 14.7. The first-order valence-electron chi connectivity index (χ1n) is 9.81. The van der Waals surface area contributed by atoms with Gasteiger partial charge in [0.15, 0.2) is 6.04 Å². The average Bonchev–Trinajstić information content (AvgIpc) is 3.49. The minimum absolute atomic E-state index is 0.103. The molecule has 1 amide bonds. The van der Waals surface area contributed by atoms with Gasteiger partial charge < -0.3 is 15.4 Å². The van der Waals surface area contributed by atoms with Gasteiger partial charge in [0, 0.05) is 34.2 Å². The Morgan fingerprint density at radius 2 is 2.30 bits per heavy atom. The van der Waals surface area contributed by atoms with Crippen LogP contribution in [0.1, 0.15) is 21.6 Å². The van der Waals surface area contributed by atoms with Crippen LogP contribution in [0.3, 0.4) is 0 Å². The number of benzene rings is 1. The molecule has 0 aliphatic carbocycles. The van der Waals surface area contributed by atoms with Crippen molar-refractivity contribution in [2.24, 2.45) is 9.98 Å². The quantitative estimate of drug-likeness (QED) is 0.775. The van der Waals surface area contributed by atoms with E-state index in [1.807, 2.05) is 16.5 Å². The number of hydrogen-bond donors (Lipinski definition) is 2. The normalized spacial score (nSPS) is 24.8. The van der Waals surface area contributed by atoms with Crippen molar-refractivity contribution in [3.05, 3.63) is 57.2 Å². The fraction of sp³-hybridized carbons (Fsp3) is 0.286. The molecule has 4 aliphatic heterocycles. The van der Waals surface area contributed by atoms with Gasteiger partial charge in [-0.3, -0.25) is 14.7 Å². The third-order valence-electron chi connectivity index (χ3n) is 5.95. The minimum atomic E-state index is -0.539. The van der Waals surface area contributed by atoms with Crippen molar-refractivity contribution in [2.75, 3.05) is 6.61 Å². The molecule has 152 valence electrons. The van der Waals surface area contributed by atoms with Crippen LogP contribution < -0.4 is 15.4 Å². The highest BCUT2D eigenvalue weighted by atomic mass is 32.1. The third kappa shape index (κ3) is 2.58. The van der Waals surface area contributed by atoms with E-state index in [0.717, 1.165) is 27.3 Å². The second-order valence-electron chi connectivity index (χ2n) is 7.52. The van der Waals surface area contributed by atoms with Crippen LogP contribution in [0.5, 0.6) is 5.75 Å². The Kier molecular flexibility index (Phi) is 3.92. The number of carbonyl (C=O) groups is 1. The monoisotopic (exact) mass is 423 g/mol. The number of thiophene rings is 1. The summed E-state index contributed by atoms with van der Waals surface area (Å²) in [6, 6.07) is 4.36. The Hall–Kier alpha value is -3.20. The van der Waals surface area contributed by atoms with Gasteiger partial charge in [0.1, 0.15) is 11.6 Å². The second kappa shape index (κ2) is 6.66. The van der Waals surface area contributed by atoms with Crippen molar-refractivity contribution in [3.63, 3.8) is 0 Å². The number of fused-ring (bicyclic) bond motifs is 3. The van der Waals surface area contributed by atoms with Crippen LogP contribution in [0.25, 0.3) is 5.57 Å². The highest BCUT2D eigenvalue weighted by Gasteiger charge is 2.44. The molecule has 0 bridgehead atoms. The summed E-state index contributed by atoms with van der Waals surface area (Å²) in [5.74, 6) is 0.900. The van der Waals surface area contributed by atoms with Crippen molar-refractivity contribution in [3.8, 4) is 5.75 Å². The van der Waals surface area contributed by atoms with Crippen molar-refractivity contribution >= 4 is 35.1 Å². The van der Waals surface area contributed by atoms with Crippen molar-refractivity contribution < 1.29 is 13.9 Å². The Morgan fingerprint density at radius 1 is 1.37 bits per heavy atom. The molecule has 0 saturated heterocycles. The van der Waals surface area contributed by atoms with Crippen LogP contribution in [0.2, 0.25) is 0 Å². The van der Waals surface area contributed by atoms with Crippen LogP contribution in [0, 0.1) is 5.82 Å². The Bertz CT molecular complexity index is 1150. The van der Waals surface area contributed by atoms with E-state index >= 15 is 0 Å². The number of hydrogen-bond acceptors (Lipinski definition) is 5. The van der Waals surface area contributed by atoms with E-state index in [9.17, 15) is 9.18 Å². The van der Waals surface area contributed by atoms with E-state index in [-0.39, 0.29) is 24.3 Å². The summed E-state index contributed by atoms with van der Waals surface area (Å²) < 4.78 is 20.0. The zero-order valence-corrected chi connectivity index (χ0v) is 16.7. The molecular weight excluding hydrogens is 405 g/mol. The molecule has 2 unspecified atom stereocenters. The number of rotatable bonds is 2. The first kappa shape index (κ1) is 17.6. The fourth-order valence-electron chi connectivity index (χ4n) is 4.48. The van der Waals surface area contributed by atoms with Gasteiger partial charge in [0.2, 0.25) is 11.9 Å². The van der Waals surface area contributed by atoms with Gasteiger partial charge in [-0.15, -0.1) is 11.3 Å². The summed E-state index contributed by atoms with van der Waals surface area (Å²) in [4.78, 5) is 24.8. The summed E-state index contributed by atoms with van der Waals surface area (Å²) in [5.41, 5.74) is 3.56. The summed E-state index contributed by atoms with van der Waals surface area (Å²) in [5, 5.41) is 8.25. The van der Waals surface area contributed by atoms with E-state index in [1.165, 1.54) is 6.07 Å². The lowest BCUT2D eigenvalue weighted by atomic mass is 9.91. The minimum Gasteiger partial charge on any atom is -0.493 e. The van der Waals surface area contributed by atoms with Crippen molar-refractivity contribution in [1.29, 1.82) is 0 Å². The number of nitrogens with one attached hydrogen (secondary N) is 2. The highest BCUT2D eigenvalue weighted by Crippen LogP contribution is 2.36. The summed E-state index contributed by atoms with van der Waals surface area (Å²) in [6.45, 7) is 1.25. The molecule has 2 aromatic rings. The number of aliphatic imine (C=N–C) groups is 2. The number of halogens is 1. The van der Waals surface area contributed by atoms with E-state index in [2.05, 4.69) is 26.7 Å². The number of guanidine groups is 1. The molecule has 30 heavy (non-hydrogen) atoms. The molecule has 5 heterocycles. The largest absolute Gasteiger partial charge is 0.493 e. The van der Waals surface area contributed by atoms with Gasteiger partial charge in [0.05, 0.1) is 32.1 Å². The maximum absolute atomic E-state index is 14.5. The zero-order valence-electron chi connectivity index (χ0n) is 15.9. The highest BCUT2D eigenvalue weighted by molar-refractivity contribution is 7.10. The maximum atomic E-state index is 14.5. The van der Waals surface area contributed by atoms with Gasteiger partial charge in [-0.25, -0.2) is 9.38 Å². The van der Waals surface area contributed by atoms with E-state index in [0.29, 0.717) is 31.1 Å². The molecular formula is C21H18FN5O2S. The predicted octanol–water partition coefficient (Wildman–Crippen LogP) is 2.03. The van der Waals surface area contributed by atoms with Crippen LogP contribution in [0.4, 0.5) is 4.39 Å². The molecule has 0 radical (unpaired) electrons. The standard InChI is InChI=1S/C21H18FN5O2S/c22-15-1-2-16-11(3-5-29-16)13(15)7-24-21-25-8-14-12-4-6-30-17(12)9-23-20(28)18-19(14)27(21)10-26-18/h1-2,4,6,8,10,18-19H,3,5,7,9H2,(H,23,28)(H,24,25). The zero-order chi connectivity index (χ0) is 20.2. The number of nitrogens with zero attached hydrogens (tertiary/aromatic N) is 3. The van der Waals surface area contributed by atoms with Gasteiger partial charge >= 0.3 is 0 Å². The molecule has 0 fully saturated rings. The van der Waals surface area contributed by atoms with Crippen LogP contribution in [0.15, 0.2) is 39.8 Å². The van der Waals surface area contributed by atoms with Gasteiger partial charge in [-0.1, -0.05) is 0 Å². The fourth-order valence-corrected chi connectivity index (χ4v) is 5.32. The lowest BCUT2D eigenvalue weighted by molar-refractivity contribution is -0.122. The SMILES string of the molecule is O=C1NCc2sccc2C2=CNC(=NCc3c(F)ccc4c3CCO4)N3C=NC1C23. The summed E-state index contributed by atoms with van der Waals surface area (Å²) in [7, 11) is 0. The second-order valence-corrected chi connectivity index (χ2v) is 8.52. The van der Waals surface area contributed by atoms with Gasteiger partial charge in [-0.2, -0.15) is 0 Å². The van der Waals surface area contributed by atoms with E-state index < -0.39 is 6.04 Å². The summed E-state index contributed by atoms with van der Waals surface area (Å²) in [6.07, 6.45) is 4.24. The molecule has 2 atom stereocenters.